The zero-order valence-electron chi connectivity index (χ0n) is 11.3. The monoisotopic (exact) mass is 425 g/mol. The fraction of sp³-hybridized carbons (Fsp3) is 0.538. The molecule has 2 unspecified atom stereocenters. The van der Waals surface area contributed by atoms with Crippen LogP contribution in [0.2, 0.25) is 0 Å². The van der Waals surface area contributed by atoms with Gasteiger partial charge in [-0.2, -0.15) is 0 Å². The van der Waals surface area contributed by atoms with E-state index in [0.29, 0.717) is 4.47 Å². The van der Waals surface area contributed by atoms with Crippen LogP contribution >= 0.6 is 31.9 Å². The Hall–Kier alpha value is 0.0500. The molecule has 20 heavy (non-hydrogen) atoms. The Kier molecular flexibility index (Phi) is 5.29. The van der Waals surface area contributed by atoms with Crippen LogP contribution in [0.4, 0.5) is 0 Å². The lowest BCUT2D eigenvalue weighted by Crippen LogP contribution is -2.40. The van der Waals surface area contributed by atoms with Crippen LogP contribution in [0.5, 0.6) is 0 Å². The first-order valence-electron chi connectivity index (χ1n) is 6.36. The van der Waals surface area contributed by atoms with E-state index >= 15 is 0 Å². The van der Waals surface area contributed by atoms with Gasteiger partial charge in [-0.15, -0.1) is 0 Å². The average Bonchev–Trinajstić information content (AvgIpc) is 2.80. The number of rotatable bonds is 4. The fourth-order valence-electron chi connectivity index (χ4n) is 2.44. The highest BCUT2D eigenvalue weighted by molar-refractivity contribution is 9.11. The van der Waals surface area contributed by atoms with Crippen LogP contribution in [0.1, 0.15) is 24.8 Å². The zero-order chi connectivity index (χ0) is 14.9. The lowest BCUT2D eigenvalue weighted by atomic mass is 10.2. The van der Waals surface area contributed by atoms with E-state index in [1.54, 1.807) is 19.2 Å². The minimum Gasteiger partial charge on any atom is -0.380 e. The highest BCUT2D eigenvalue weighted by atomic mass is 79.9. The zero-order valence-corrected chi connectivity index (χ0v) is 15.3. The van der Waals surface area contributed by atoms with Gasteiger partial charge in [0.05, 0.1) is 11.0 Å². The predicted molar refractivity (Wildman–Crippen MR) is 85.3 cm³/mol. The molecule has 0 aliphatic heterocycles. The molecule has 1 aromatic carbocycles. The summed E-state index contributed by atoms with van der Waals surface area (Å²) in [5, 5.41) is 0. The molecule has 1 aliphatic rings. The van der Waals surface area contributed by atoms with Gasteiger partial charge < -0.3 is 4.74 Å². The van der Waals surface area contributed by atoms with Crippen molar-refractivity contribution >= 4 is 41.9 Å². The molecule has 1 aliphatic carbocycles. The SMILES string of the molecule is COC1CCCC1NS(=O)(=O)c1cc(Br)c(C)cc1Br. The van der Waals surface area contributed by atoms with Gasteiger partial charge in [-0.3, -0.25) is 0 Å². The first kappa shape index (κ1) is 16.4. The van der Waals surface area contributed by atoms with E-state index in [2.05, 4.69) is 36.6 Å². The van der Waals surface area contributed by atoms with E-state index in [4.69, 9.17) is 4.74 Å². The molecule has 1 saturated carbocycles. The largest absolute Gasteiger partial charge is 0.380 e. The molecule has 2 atom stereocenters. The molecule has 0 spiro atoms. The summed E-state index contributed by atoms with van der Waals surface area (Å²) in [7, 11) is -1.94. The second-order valence-electron chi connectivity index (χ2n) is 4.96. The summed E-state index contributed by atoms with van der Waals surface area (Å²) >= 11 is 6.70. The van der Waals surface area contributed by atoms with Gasteiger partial charge in [0.15, 0.2) is 0 Å². The normalized spacial score (nSPS) is 23.2. The number of ether oxygens (including phenoxy) is 1. The molecule has 1 N–H and O–H groups in total. The number of hydrogen-bond acceptors (Lipinski definition) is 3. The van der Waals surface area contributed by atoms with E-state index < -0.39 is 10.0 Å². The fourth-order valence-corrected chi connectivity index (χ4v) is 5.42. The third-order valence-electron chi connectivity index (χ3n) is 3.56. The van der Waals surface area contributed by atoms with Crippen molar-refractivity contribution in [1.29, 1.82) is 0 Å². The van der Waals surface area contributed by atoms with Gasteiger partial charge in [-0.1, -0.05) is 15.9 Å². The molecule has 1 fully saturated rings. The van der Waals surface area contributed by atoms with Crippen molar-refractivity contribution in [2.45, 2.75) is 43.2 Å². The number of methoxy groups -OCH3 is 1. The van der Waals surface area contributed by atoms with Gasteiger partial charge in [0, 0.05) is 22.1 Å². The summed E-state index contributed by atoms with van der Waals surface area (Å²) in [4.78, 5) is 0.247. The number of sulfonamides is 1. The maximum atomic E-state index is 12.5. The third-order valence-corrected chi connectivity index (χ3v) is 6.87. The number of halogens is 2. The molecule has 0 radical (unpaired) electrons. The second kappa shape index (κ2) is 6.44. The Morgan fingerprint density at radius 3 is 2.60 bits per heavy atom. The van der Waals surface area contributed by atoms with Gasteiger partial charge >= 0.3 is 0 Å². The topological polar surface area (TPSA) is 55.4 Å². The van der Waals surface area contributed by atoms with Crippen LogP contribution in [-0.2, 0) is 14.8 Å². The van der Waals surface area contributed by atoms with Crippen molar-refractivity contribution in [3.05, 3.63) is 26.6 Å². The van der Waals surface area contributed by atoms with Crippen molar-refractivity contribution in [2.75, 3.05) is 7.11 Å². The van der Waals surface area contributed by atoms with E-state index in [1.807, 2.05) is 6.92 Å². The first-order chi connectivity index (χ1) is 9.35. The molecule has 0 heterocycles. The minimum atomic E-state index is -3.56. The standard InChI is InChI=1S/C13H17Br2NO3S/c1-8-6-10(15)13(7-9(8)14)20(17,18)16-11-4-3-5-12(11)19-2/h6-7,11-12,16H,3-5H2,1-2H3. The quantitative estimate of drug-likeness (QED) is 0.802. The molecule has 112 valence electrons. The second-order valence-corrected chi connectivity index (χ2v) is 8.36. The maximum Gasteiger partial charge on any atom is 0.242 e. The van der Waals surface area contributed by atoms with Crippen molar-refractivity contribution in [1.82, 2.24) is 4.72 Å². The number of nitrogens with one attached hydrogen (secondary N) is 1. The van der Waals surface area contributed by atoms with Crippen molar-refractivity contribution < 1.29 is 13.2 Å². The van der Waals surface area contributed by atoms with E-state index in [9.17, 15) is 8.42 Å². The molecule has 2 rings (SSSR count). The Morgan fingerprint density at radius 1 is 1.25 bits per heavy atom. The lowest BCUT2D eigenvalue weighted by Gasteiger charge is -2.20. The van der Waals surface area contributed by atoms with Crippen molar-refractivity contribution in [2.24, 2.45) is 0 Å². The van der Waals surface area contributed by atoms with Crippen LogP contribution in [0.25, 0.3) is 0 Å². The summed E-state index contributed by atoms with van der Waals surface area (Å²) < 4.78 is 34.5. The highest BCUT2D eigenvalue weighted by Crippen LogP contribution is 2.30. The Labute approximate surface area is 136 Å². The summed E-state index contributed by atoms with van der Waals surface area (Å²) in [6.07, 6.45) is 2.63. The van der Waals surface area contributed by atoms with E-state index in [-0.39, 0.29) is 17.0 Å². The molecule has 0 amide bonds. The third kappa shape index (κ3) is 3.44. The molecule has 0 saturated heterocycles. The summed E-state index contributed by atoms with van der Waals surface area (Å²) in [5.74, 6) is 0. The lowest BCUT2D eigenvalue weighted by molar-refractivity contribution is 0.0916. The highest BCUT2D eigenvalue weighted by Gasteiger charge is 2.32. The number of benzene rings is 1. The Bertz CT molecular complexity index is 604. The average molecular weight is 427 g/mol. The number of hydrogen-bond donors (Lipinski definition) is 1. The van der Waals surface area contributed by atoms with Crippen LogP contribution in [0, 0.1) is 6.92 Å². The Balaban J connectivity index is 2.29. The Morgan fingerprint density at radius 2 is 1.95 bits per heavy atom. The molecule has 1 aromatic rings. The summed E-state index contributed by atoms with van der Waals surface area (Å²) in [5.41, 5.74) is 0.978. The molecular formula is C13H17Br2NO3S. The molecular weight excluding hydrogens is 410 g/mol. The smallest absolute Gasteiger partial charge is 0.242 e. The van der Waals surface area contributed by atoms with Gasteiger partial charge in [-0.05, 0) is 59.8 Å². The molecule has 4 nitrogen and oxygen atoms in total. The van der Waals surface area contributed by atoms with Crippen LogP contribution in [0.3, 0.4) is 0 Å². The van der Waals surface area contributed by atoms with Crippen LogP contribution in [-0.4, -0.2) is 27.7 Å². The first-order valence-corrected chi connectivity index (χ1v) is 9.43. The van der Waals surface area contributed by atoms with Crippen LogP contribution in [0.15, 0.2) is 26.0 Å². The van der Waals surface area contributed by atoms with Gasteiger partial charge in [0.25, 0.3) is 0 Å². The van der Waals surface area contributed by atoms with Crippen molar-refractivity contribution in [3.8, 4) is 0 Å². The van der Waals surface area contributed by atoms with Crippen molar-refractivity contribution in [3.63, 3.8) is 0 Å². The summed E-state index contributed by atoms with van der Waals surface area (Å²) in [6.45, 7) is 1.91. The summed E-state index contributed by atoms with van der Waals surface area (Å²) in [6, 6.07) is 3.26. The van der Waals surface area contributed by atoms with E-state index in [1.165, 1.54) is 0 Å². The maximum absolute atomic E-state index is 12.5. The van der Waals surface area contributed by atoms with Gasteiger partial charge in [0.2, 0.25) is 10.0 Å². The van der Waals surface area contributed by atoms with E-state index in [0.717, 1.165) is 29.3 Å². The predicted octanol–water partition coefficient (Wildman–Crippen LogP) is 3.37. The molecule has 0 aromatic heterocycles. The minimum absolute atomic E-state index is 0.0440. The molecule has 7 heteroatoms. The van der Waals surface area contributed by atoms with Crippen LogP contribution < -0.4 is 4.72 Å². The van der Waals surface area contributed by atoms with Gasteiger partial charge in [0.1, 0.15) is 0 Å². The number of aryl methyl sites for hydroxylation is 1. The molecule has 0 bridgehead atoms. The van der Waals surface area contributed by atoms with Gasteiger partial charge in [-0.25, -0.2) is 13.1 Å².